The van der Waals surface area contributed by atoms with Gasteiger partial charge in [-0.25, -0.2) is 4.98 Å². The van der Waals surface area contributed by atoms with E-state index in [1.54, 1.807) is 0 Å². The normalized spacial score (nSPS) is 25.6. The quantitative estimate of drug-likeness (QED) is 0.842. The molecule has 0 aliphatic carbocycles. The van der Waals surface area contributed by atoms with Gasteiger partial charge in [0.05, 0.1) is 24.3 Å². The maximum absolute atomic E-state index is 12.9. The number of alkyl halides is 5. The summed E-state index contributed by atoms with van der Waals surface area (Å²) >= 11 is 0. The summed E-state index contributed by atoms with van der Waals surface area (Å²) in [5.74, 6) is 0.0242. The number of halogens is 5. The molecule has 2 atom stereocenters. The predicted octanol–water partition coefficient (Wildman–Crippen LogP) is 2.48. The molecule has 0 aromatic carbocycles. The third-order valence-corrected chi connectivity index (χ3v) is 3.09. The highest BCUT2D eigenvalue weighted by Crippen LogP contribution is 2.30. The minimum absolute atomic E-state index is 0.0242. The molecule has 1 fully saturated rings. The molecule has 1 aliphatic heterocycles. The second-order valence-electron chi connectivity index (χ2n) is 4.76. The molecule has 1 aliphatic rings. The molecule has 2 N–H and O–H groups in total. The molecule has 0 unspecified atom stereocenters. The summed E-state index contributed by atoms with van der Waals surface area (Å²) in [6, 6.07) is 1.26. The van der Waals surface area contributed by atoms with Crippen molar-refractivity contribution >= 4 is 5.82 Å². The molecule has 0 spiro atoms. The number of morpholine rings is 1. The maximum atomic E-state index is 12.9. The summed E-state index contributed by atoms with van der Waals surface area (Å²) in [5.41, 5.74) is -0.826. The van der Waals surface area contributed by atoms with Crippen LogP contribution in [-0.4, -0.2) is 36.3 Å². The van der Waals surface area contributed by atoms with Crippen LogP contribution in [0.5, 0.6) is 0 Å². The molecule has 2 rings (SSSR count). The zero-order valence-electron chi connectivity index (χ0n) is 11.0. The molecule has 0 radical (unpaired) electrons. The van der Waals surface area contributed by atoms with Crippen molar-refractivity contribution in [2.45, 2.75) is 31.4 Å². The molecular formula is C12H14F5N3O. The van der Waals surface area contributed by atoms with E-state index in [1.165, 1.54) is 6.92 Å². The Morgan fingerprint density at radius 2 is 2.19 bits per heavy atom. The maximum Gasteiger partial charge on any atom is 0.416 e. The van der Waals surface area contributed by atoms with E-state index >= 15 is 0 Å². The third kappa shape index (κ3) is 4.24. The van der Waals surface area contributed by atoms with E-state index in [0.29, 0.717) is 0 Å². The molecule has 21 heavy (non-hydrogen) atoms. The second kappa shape index (κ2) is 5.72. The lowest BCUT2D eigenvalue weighted by Gasteiger charge is -2.35. The molecule has 118 valence electrons. The fourth-order valence-electron chi connectivity index (χ4n) is 1.97. The molecular weight excluding hydrogens is 297 g/mol. The van der Waals surface area contributed by atoms with E-state index < -0.39 is 36.5 Å². The second-order valence-corrected chi connectivity index (χ2v) is 4.76. The van der Waals surface area contributed by atoms with Gasteiger partial charge in [0.1, 0.15) is 5.82 Å². The van der Waals surface area contributed by atoms with Crippen LogP contribution in [0.15, 0.2) is 18.3 Å². The third-order valence-electron chi connectivity index (χ3n) is 3.09. The van der Waals surface area contributed by atoms with Crippen molar-refractivity contribution in [2.75, 3.05) is 18.4 Å². The largest absolute Gasteiger partial charge is 0.416 e. The first kappa shape index (κ1) is 15.9. The lowest BCUT2D eigenvalue weighted by atomic mass is 10.1. The minimum Gasteiger partial charge on any atom is -0.368 e. The van der Waals surface area contributed by atoms with E-state index in [4.69, 9.17) is 0 Å². The number of hydrogen-bond donors (Lipinski definition) is 2. The molecule has 9 heteroatoms. The van der Waals surface area contributed by atoms with Gasteiger partial charge in [-0.2, -0.15) is 22.0 Å². The van der Waals surface area contributed by atoms with Crippen LogP contribution in [-0.2, 0) is 10.9 Å². The van der Waals surface area contributed by atoms with Gasteiger partial charge in [0.15, 0.2) is 0 Å². The summed E-state index contributed by atoms with van der Waals surface area (Å²) in [7, 11) is 0. The van der Waals surface area contributed by atoms with E-state index in [1.807, 2.05) is 0 Å². The highest BCUT2D eigenvalue weighted by atomic mass is 19.4. The van der Waals surface area contributed by atoms with Crippen molar-refractivity contribution in [2.24, 2.45) is 0 Å². The topological polar surface area (TPSA) is 46.2 Å². The summed E-state index contributed by atoms with van der Waals surface area (Å²) < 4.78 is 68.0. The number of rotatable bonds is 3. The van der Waals surface area contributed by atoms with Crippen LogP contribution in [0, 0.1) is 0 Å². The van der Waals surface area contributed by atoms with Crippen molar-refractivity contribution in [3.63, 3.8) is 0 Å². The Morgan fingerprint density at radius 3 is 2.81 bits per heavy atom. The Morgan fingerprint density at radius 1 is 1.48 bits per heavy atom. The number of nitrogens with zero attached hydrogens (tertiary/aromatic N) is 1. The van der Waals surface area contributed by atoms with E-state index in [0.717, 1.165) is 18.3 Å². The number of ether oxygens (including phenoxy) is 1. The first-order valence-electron chi connectivity index (χ1n) is 6.23. The van der Waals surface area contributed by atoms with Gasteiger partial charge in [-0.15, -0.1) is 0 Å². The molecule has 1 saturated heterocycles. The molecule has 0 bridgehead atoms. The first-order chi connectivity index (χ1) is 9.67. The molecule has 0 amide bonds. The van der Waals surface area contributed by atoms with Gasteiger partial charge in [0.25, 0.3) is 0 Å². The lowest BCUT2D eigenvalue weighted by Crippen LogP contribution is -2.57. The van der Waals surface area contributed by atoms with Gasteiger partial charge < -0.3 is 15.4 Å². The molecule has 1 aromatic heterocycles. The average Bonchev–Trinajstić information content (AvgIpc) is 2.36. The fraction of sp³-hybridized carbons (Fsp3) is 0.583. The van der Waals surface area contributed by atoms with Gasteiger partial charge in [-0.05, 0) is 19.1 Å². The number of hydrogen-bond acceptors (Lipinski definition) is 4. The first-order valence-corrected chi connectivity index (χ1v) is 6.23. The highest BCUT2D eigenvalue weighted by molar-refractivity contribution is 5.38. The zero-order valence-corrected chi connectivity index (χ0v) is 11.0. The Bertz CT molecular complexity index is 494. The standard InChI is InChI=1S/C12H14F5N3O/c1-7-9(20-6-11(13,14)21-7)5-19-10-4-8(2-3-18-10)12(15,16)17/h2-4,7,9,20H,5-6H2,1H3,(H,18,19)/t7-,9+/m0/s1. The highest BCUT2D eigenvalue weighted by Gasteiger charge is 2.40. The Hall–Kier alpha value is -1.48. The molecule has 4 nitrogen and oxygen atoms in total. The Labute approximate surface area is 117 Å². The van der Waals surface area contributed by atoms with Gasteiger partial charge in [-0.1, -0.05) is 0 Å². The van der Waals surface area contributed by atoms with Crippen molar-refractivity contribution in [1.82, 2.24) is 10.3 Å². The van der Waals surface area contributed by atoms with E-state index in [9.17, 15) is 22.0 Å². The van der Waals surface area contributed by atoms with Crippen LogP contribution >= 0.6 is 0 Å². The summed E-state index contributed by atoms with van der Waals surface area (Å²) in [4.78, 5) is 3.76. The lowest BCUT2D eigenvalue weighted by molar-refractivity contribution is -0.278. The van der Waals surface area contributed by atoms with Crippen LogP contribution in [0.1, 0.15) is 12.5 Å². The van der Waals surface area contributed by atoms with Gasteiger partial charge in [0.2, 0.25) is 0 Å². The van der Waals surface area contributed by atoms with Gasteiger partial charge in [-0.3, -0.25) is 0 Å². The van der Waals surface area contributed by atoms with Gasteiger partial charge in [0, 0.05) is 12.7 Å². The zero-order chi connectivity index (χ0) is 15.7. The smallest absolute Gasteiger partial charge is 0.368 e. The summed E-state index contributed by atoms with van der Waals surface area (Å²) in [5, 5.41) is 5.27. The minimum atomic E-state index is -4.46. The van der Waals surface area contributed by atoms with Crippen molar-refractivity contribution < 1.29 is 26.7 Å². The van der Waals surface area contributed by atoms with E-state index in [2.05, 4.69) is 20.4 Å². The fourth-order valence-corrected chi connectivity index (χ4v) is 1.97. The van der Waals surface area contributed by atoms with Crippen molar-refractivity contribution in [3.05, 3.63) is 23.9 Å². The summed E-state index contributed by atoms with van der Waals surface area (Å²) in [6.45, 7) is 0.942. The molecule has 0 saturated carbocycles. The number of nitrogens with one attached hydrogen (secondary N) is 2. The number of pyridine rings is 1. The van der Waals surface area contributed by atoms with Crippen molar-refractivity contribution in [1.29, 1.82) is 0 Å². The molecule has 1 aromatic rings. The predicted molar refractivity (Wildman–Crippen MR) is 65.0 cm³/mol. The van der Waals surface area contributed by atoms with Crippen LogP contribution in [0.4, 0.5) is 27.8 Å². The Balaban J connectivity index is 1.95. The Kier molecular flexibility index (Phi) is 4.33. The van der Waals surface area contributed by atoms with Crippen LogP contribution < -0.4 is 10.6 Å². The van der Waals surface area contributed by atoms with Crippen LogP contribution in [0.25, 0.3) is 0 Å². The van der Waals surface area contributed by atoms with Crippen LogP contribution in [0.3, 0.4) is 0 Å². The van der Waals surface area contributed by atoms with Gasteiger partial charge >= 0.3 is 12.3 Å². The number of anilines is 1. The van der Waals surface area contributed by atoms with Crippen molar-refractivity contribution in [3.8, 4) is 0 Å². The average molecular weight is 311 g/mol. The number of aromatic nitrogens is 1. The SMILES string of the molecule is C[C@@H]1OC(F)(F)CN[C@@H]1CNc1cc(C(F)(F)F)ccn1. The molecule has 2 heterocycles. The monoisotopic (exact) mass is 311 g/mol. The summed E-state index contributed by atoms with van der Waals surface area (Å²) in [6.07, 6.45) is -7.44. The van der Waals surface area contributed by atoms with Crippen LogP contribution in [0.2, 0.25) is 0 Å². The van der Waals surface area contributed by atoms with E-state index in [-0.39, 0.29) is 12.4 Å².